The molecule has 0 aromatic carbocycles. The lowest BCUT2D eigenvalue weighted by atomic mass is 9.78. The first-order valence-electron chi connectivity index (χ1n) is 8.33. The van der Waals surface area contributed by atoms with Gasteiger partial charge in [0.25, 0.3) is 0 Å². The molecule has 2 rings (SSSR count). The highest BCUT2D eigenvalue weighted by atomic mass is 79.9. The van der Waals surface area contributed by atoms with Gasteiger partial charge in [-0.1, -0.05) is 65.0 Å². The fourth-order valence-corrected chi connectivity index (χ4v) is 6.13. The van der Waals surface area contributed by atoms with Crippen molar-refractivity contribution >= 4 is 31.9 Å². The predicted octanol–water partition coefficient (Wildman–Crippen LogP) is 6.08. The van der Waals surface area contributed by atoms with Crippen LogP contribution >= 0.6 is 31.9 Å². The predicted molar refractivity (Wildman–Crippen MR) is 94.0 cm³/mol. The summed E-state index contributed by atoms with van der Waals surface area (Å²) in [6, 6.07) is 0. The zero-order chi connectivity index (χ0) is 14.6. The van der Waals surface area contributed by atoms with Crippen molar-refractivity contribution in [2.75, 3.05) is 10.7 Å². The molecular formula is C17H30Br2O. The van der Waals surface area contributed by atoms with Gasteiger partial charge in [-0.2, -0.15) is 0 Å². The average Bonchev–Trinajstić information content (AvgIpc) is 2.80. The minimum Gasteiger partial charge on any atom is -0.372 e. The maximum absolute atomic E-state index is 6.59. The van der Waals surface area contributed by atoms with E-state index in [2.05, 4.69) is 45.7 Å². The topological polar surface area (TPSA) is 9.23 Å². The van der Waals surface area contributed by atoms with E-state index in [0.717, 1.165) is 16.6 Å². The van der Waals surface area contributed by atoms with Gasteiger partial charge in [0.05, 0.1) is 11.7 Å². The third kappa shape index (κ3) is 4.23. The summed E-state index contributed by atoms with van der Waals surface area (Å²) >= 11 is 7.54. The molecule has 3 heteroatoms. The van der Waals surface area contributed by atoms with Gasteiger partial charge in [0.15, 0.2) is 0 Å². The molecule has 1 unspecified atom stereocenters. The molecule has 2 fully saturated rings. The molecule has 1 atom stereocenters. The molecule has 1 aliphatic heterocycles. The molecule has 2 aliphatic rings. The molecule has 0 radical (unpaired) electrons. The Bertz CT molecular complexity index is 293. The van der Waals surface area contributed by atoms with Crippen molar-refractivity contribution in [3.63, 3.8) is 0 Å². The van der Waals surface area contributed by atoms with Crippen molar-refractivity contribution in [1.82, 2.24) is 0 Å². The first-order chi connectivity index (χ1) is 9.53. The highest BCUT2D eigenvalue weighted by Gasteiger charge is 2.43. The monoisotopic (exact) mass is 408 g/mol. The van der Waals surface area contributed by atoms with E-state index in [-0.39, 0.29) is 5.60 Å². The number of alkyl halides is 2. The first kappa shape index (κ1) is 17.3. The standard InChI is InChI=1S/C17H30Br2O/c1-14(2)10-16(12-18,13-19)11-15-6-9-17(20-15)7-4-3-5-8-17/h14-15H,3-13H2,1-2H3. The van der Waals surface area contributed by atoms with Crippen LogP contribution in [0, 0.1) is 11.3 Å². The Balaban J connectivity index is 1.94. The van der Waals surface area contributed by atoms with E-state index < -0.39 is 0 Å². The lowest BCUT2D eigenvalue weighted by Crippen LogP contribution is -2.35. The Morgan fingerprint density at radius 1 is 1.10 bits per heavy atom. The molecular weight excluding hydrogens is 380 g/mol. The lowest BCUT2D eigenvalue weighted by molar-refractivity contribution is -0.0749. The van der Waals surface area contributed by atoms with Gasteiger partial charge in [0, 0.05) is 10.7 Å². The van der Waals surface area contributed by atoms with Crippen molar-refractivity contribution < 1.29 is 4.74 Å². The van der Waals surface area contributed by atoms with Gasteiger partial charge in [-0.25, -0.2) is 0 Å². The second kappa shape index (κ2) is 7.46. The Morgan fingerprint density at radius 3 is 2.30 bits per heavy atom. The maximum Gasteiger partial charge on any atom is 0.0687 e. The van der Waals surface area contributed by atoms with Crippen molar-refractivity contribution in [1.29, 1.82) is 0 Å². The van der Waals surface area contributed by atoms with Crippen molar-refractivity contribution in [3.05, 3.63) is 0 Å². The smallest absolute Gasteiger partial charge is 0.0687 e. The molecule has 1 saturated heterocycles. The summed E-state index contributed by atoms with van der Waals surface area (Å²) in [5.74, 6) is 0.746. The molecule has 118 valence electrons. The van der Waals surface area contributed by atoms with Crippen LogP contribution in [-0.2, 0) is 4.74 Å². The Morgan fingerprint density at radius 2 is 1.75 bits per heavy atom. The quantitative estimate of drug-likeness (QED) is 0.483. The van der Waals surface area contributed by atoms with E-state index in [1.54, 1.807) is 0 Å². The van der Waals surface area contributed by atoms with Crippen LogP contribution in [-0.4, -0.2) is 22.4 Å². The molecule has 0 N–H and O–H groups in total. The molecule has 1 saturated carbocycles. The fourth-order valence-electron chi connectivity index (χ4n) is 4.29. The van der Waals surface area contributed by atoms with E-state index in [1.807, 2.05) is 0 Å². The van der Waals surface area contributed by atoms with Gasteiger partial charge in [0.2, 0.25) is 0 Å². The second-order valence-corrected chi connectivity index (χ2v) is 8.71. The Labute approximate surface area is 141 Å². The number of rotatable bonds is 6. The minimum absolute atomic E-state index is 0.269. The molecule has 0 bridgehead atoms. The van der Waals surface area contributed by atoms with Crippen molar-refractivity contribution in [2.24, 2.45) is 11.3 Å². The molecule has 0 aromatic heterocycles. The molecule has 20 heavy (non-hydrogen) atoms. The van der Waals surface area contributed by atoms with Crippen LogP contribution in [0.1, 0.15) is 71.6 Å². The van der Waals surface area contributed by atoms with Crippen LogP contribution in [0.2, 0.25) is 0 Å². The summed E-state index contributed by atoms with van der Waals surface area (Å²) in [5.41, 5.74) is 0.629. The molecule has 1 spiro atoms. The van der Waals surface area contributed by atoms with E-state index in [9.17, 15) is 0 Å². The summed E-state index contributed by atoms with van der Waals surface area (Å²) in [6.07, 6.45) is 12.3. The van der Waals surface area contributed by atoms with E-state index in [4.69, 9.17) is 4.74 Å². The van der Waals surface area contributed by atoms with Gasteiger partial charge in [-0.05, 0) is 49.9 Å². The first-order valence-corrected chi connectivity index (χ1v) is 10.6. The highest BCUT2D eigenvalue weighted by molar-refractivity contribution is 9.09. The van der Waals surface area contributed by atoms with Crippen LogP contribution < -0.4 is 0 Å². The summed E-state index contributed by atoms with van der Waals surface area (Å²) in [7, 11) is 0. The van der Waals surface area contributed by atoms with Crippen LogP contribution in [0.4, 0.5) is 0 Å². The van der Waals surface area contributed by atoms with Crippen LogP contribution in [0.15, 0.2) is 0 Å². The summed E-state index contributed by atoms with van der Waals surface area (Å²) < 4.78 is 6.59. The van der Waals surface area contributed by atoms with Gasteiger partial charge in [-0.15, -0.1) is 0 Å². The van der Waals surface area contributed by atoms with E-state index in [0.29, 0.717) is 11.5 Å². The number of hydrogen-bond acceptors (Lipinski definition) is 1. The molecule has 0 amide bonds. The zero-order valence-corrected chi connectivity index (χ0v) is 16.3. The van der Waals surface area contributed by atoms with Crippen LogP contribution in [0.25, 0.3) is 0 Å². The van der Waals surface area contributed by atoms with Crippen molar-refractivity contribution in [3.8, 4) is 0 Å². The van der Waals surface area contributed by atoms with Gasteiger partial charge < -0.3 is 4.74 Å². The van der Waals surface area contributed by atoms with E-state index >= 15 is 0 Å². The van der Waals surface area contributed by atoms with E-state index in [1.165, 1.54) is 57.8 Å². The lowest BCUT2D eigenvalue weighted by Gasteiger charge is -2.37. The Kier molecular flexibility index (Phi) is 6.44. The fraction of sp³-hybridized carbons (Fsp3) is 1.00. The normalized spacial score (nSPS) is 26.6. The molecule has 1 nitrogen and oxygen atoms in total. The largest absolute Gasteiger partial charge is 0.372 e. The van der Waals surface area contributed by atoms with Crippen LogP contribution in [0.5, 0.6) is 0 Å². The van der Waals surface area contributed by atoms with Crippen LogP contribution in [0.3, 0.4) is 0 Å². The van der Waals surface area contributed by atoms with Gasteiger partial charge in [0.1, 0.15) is 0 Å². The van der Waals surface area contributed by atoms with Crippen molar-refractivity contribution in [2.45, 2.75) is 83.3 Å². The highest BCUT2D eigenvalue weighted by Crippen LogP contribution is 2.46. The number of hydrogen-bond donors (Lipinski definition) is 0. The molecule has 1 aliphatic carbocycles. The average molecular weight is 410 g/mol. The molecule has 0 aromatic rings. The third-order valence-electron chi connectivity index (χ3n) is 5.17. The SMILES string of the molecule is CC(C)CC(CBr)(CBr)CC1CCC2(CCCCC2)O1. The number of ether oxygens (including phenoxy) is 1. The minimum atomic E-state index is 0.269. The maximum atomic E-state index is 6.59. The van der Waals surface area contributed by atoms with Gasteiger partial charge in [-0.3, -0.25) is 0 Å². The summed E-state index contributed by atoms with van der Waals surface area (Å²) in [4.78, 5) is 0. The molecule has 1 heterocycles. The third-order valence-corrected chi connectivity index (χ3v) is 7.55. The Hall–Kier alpha value is 0.920. The number of halogens is 2. The summed E-state index contributed by atoms with van der Waals surface area (Å²) in [5, 5.41) is 2.16. The second-order valence-electron chi connectivity index (χ2n) is 7.59. The zero-order valence-electron chi connectivity index (χ0n) is 13.1. The van der Waals surface area contributed by atoms with Gasteiger partial charge >= 0.3 is 0 Å². The summed E-state index contributed by atoms with van der Waals surface area (Å²) in [6.45, 7) is 4.66.